The fourth-order valence-corrected chi connectivity index (χ4v) is 4.64. The van der Waals surface area contributed by atoms with Crippen LogP contribution in [0.25, 0.3) is 0 Å². The Morgan fingerprint density at radius 3 is 2.17 bits per heavy atom. The van der Waals surface area contributed by atoms with Gasteiger partial charge in [0.05, 0.1) is 11.2 Å². The number of piperidine rings is 1. The number of amides is 1. The molecule has 0 unspecified atom stereocenters. The topological polar surface area (TPSA) is 68.0 Å². The quantitative estimate of drug-likeness (QED) is 0.624. The lowest BCUT2D eigenvalue weighted by Gasteiger charge is -2.36. The SMILES string of the molecule is CC1(C)OB(c2cc(N)cc(C(=O)N3CCC(N4CCCC4)CC3)c2)OC1(C)C. The number of hydrogen-bond donors (Lipinski definition) is 1. The van der Waals surface area contributed by atoms with Crippen molar-refractivity contribution in [2.45, 2.75) is 70.6 Å². The minimum Gasteiger partial charge on any atom is -0.399 e. The third-order valence-electron chi connectivity index (χ3n) is 7.16. The van der Waals surface area contributed by atoms with E-state index in [4.69, 9.17) is 15.0 Å². The fourth-order valence-electron chi connectivity index (χ4n) is 4.64. The zero-order chi connectivity index (χ0) is 20.8. The highest BCUT2D eigenvalue weighted by Gasteiger charge is 2.51. The smallest absolute Gasteiger partial charge is 0.399 e. The average molecular weight is 399 g/mol. The van der Waals surface area contributed by atoms with Gasteiger partial charge in [-0.15, -0.1) is 0 Å². The van der Waals surface area contributed by atoms with Gasteiger partial charge in [0.1, 0.15) is 0 Å². The van der Waals surface area contributed by atoms with Gasteiger partial charge in [-0.2, -0.15) is 0 Å². The molecule has 3 heterocycles. The van der Waals surface area contributed by atoms with Crippen LogP contribution in [0.1, 0.15) is 63.7 Å². The number of likely N-dealkylation sites (tertiary alicyclic amines) is 2. The fraction of sp³-hybridized carbons (Fsp3) is 0.682. The normalized spacial score (nSPS) is 25.0. The minimum atomic E-state index is -0.518. The maximum atomic E-state index is 13.2. The highest BCUT2D eigenvalue weighted by molar-refractivity contribution is 6.62. The number of hydrogen-bond acceptors (Lipinski definition) is 5. The second-order valence-corrected chi connectivity index (χ2v) is 9.74. The summed E-state index contributed by atoms with van der Waals surface area (Å²) in [5.74, 6) is 0.0509. The van der Waals surface area contributed by atoms with Gasteiger partial charge in [0, 0.05) is 30.4 Å². The molecule has 3 saturated heterocycles. The van der Waals surface area contributed by atoms with Crippen molar-refractivity contribution in [2.75, 3.05) is 31.9 Å². The molecule has 7 heteroatoms. The molecule has 6 nitrogen and oxygen atoms in total. The van der Waals surface area contributed by atoms with Crippen LogP contribution in [-0.4, -0.2) is 66.2 Å². The molecule has 3 fully saturated rings. The zero-order valence-electron chi connectivity index (χ0n) is 18.2. The van der Waals surface area contributed by atoms with Crippen molar-refractivity contribution >= 4 is 24.2 Å². The molecule has 158 valence electrons. The summed E-state index contributed by atoms with van der Waals surface area (Å²) < 4.78 is 12.3. The van der Waals surface area contributed by atoms with Gasteiger partial charge in [-0.1, -0.05) is 0 Å². The van der Waals surface area contributed by atoms with E-state index < -0.39 is 18.3 Å². The molecule has 0 radical (unpaired) electrons. The Balaban J connectivity index is 1.46. The first-order chi connectivity index (χ1) is 13.7. The molecule has 0 aliphatic carbocycles. The van der Waals surface area contributed by atoms with Crippen molar-refractivity contribution in [1.82, 2.24) is 9.80 Å². The van der Waals surface area contributed by atoms with Gasteiger partial charge in [-0.05, 0) is 90.1 Å². The number of carbonyl (C=O) groups excluding carboxylic acids is 1. The van der Waals surface area contributed by atoms with E-state index in [1.807, 2.05) is 44.7 Å². The third kappa shape index (κ3) is 4.05. The van der Waals surface area contributed by atoms with Crippen LogP contribution in [0, 0.1) is 0 Å². The largest absolute Gasteiger partial charge is 0.494 e. The maximum absolute atomic E-state index is 13.2. The van der Waals surface area contributed by atoms with Crippen LogP contribution in [0.4, 0.5) is 5.69 Å². The summed E-state index contributed by atoms with van der Waals surface area (Å²) in [6, 6.07) is 6.12. The Hall–Kier alpha value is -1.57. The lowest BCUT2D eigenvalue weighted by molar-refractivity contribution is 0.00578. The van der Waals surface area contributed by atoms with Gasteiger partial charge >= 0.3 is 7.12 Å². The molecule has 0 spiro atoms. The lowest BCUT2D eigenvalue weighted by atomic mass is 9.78. The number of nitrogen functional groups attached to an aromatic ring is 1. The highest BCUT2D eigenvalue weighted by Crippen LogP contribution is 2.36. The predicted octanol–water partition coefficient (Wildman–Crippen LogP) is 2.27. The van der Waals surface area contributed by atoms with Crippen molar-refractivity contribution in [2.24, 2.45) is 0 Å². The average Bonchev–Trinajstić information content (AvgIpc) is 3.27. The molecule has 3 aliphatic rings. The molecule has 1 amide bonds. The minimum absolute atomic E-state index is 0.0509. The first kappa shape index (κ1) is 20.7. The van der Waals surface area contributed by atoms with Gasteiger partial charge in [0.2, 0.25) is 0 Å². The number of benzene rings is 1. The van der Waals surface area contributed by atoms with E-state index in [9.17, 15) is 4.79 Å². The Kier molecular flexibility index (Phi) is 5.42. The zero-order valence-corrected chi connectivity index (χ0v) is 18.2. The van der Waals surface area contributed by atoms with Crippen LogP contribution in [0.15, 0.2) is 18.2 Å². The van der Waals surface area contributed by atoms with E-state index in [0.29, 0.717) is 17.3 Å². The molecule has 1 aromatic carbocycles. The molecular weight excluding hydrogens is 365 g/mol. The summed E-state index contributed by atoms with van der Waals surface area (Å²) in [5.41, 5.74) is 7.28. The van der Waals surface area contributed by atoms with Gasteiger partial charge < -0.3 is 24.8 Å². The van der Waals surface area contributed by atoms with Crippen molar-refractivity contribution < 1.29 is 14.1 Å². The van der Waals surface area contributed by atoms with Crippen LogP contribution in [0.3, 0.4) is 0 Å². The molecule has 0 saturated carbocycles. The highest BCUT2D eigenvalue weighted by atomic mass is 16.7. The monoisotopic (exact) mass is 399 g/mol. The van der Waals surface area contributed by atoms with Gasteiger partial charge in [0.15, 0.2) is 0 Å². The Morgan fingerprint density at radius 1 is 1.00 bits per heavy atom. The van der Waals surface area contributed by atoms with E-state index in [1.165, 1.54) is 25.9 Å². The van der Waals surface area contributed by atoms with Crippen molar-refractivity contribution in [3.8, 4) is 0 Å². The molecular formula is C22H34BN3O3. The van der Waals surface area contributed by atoms with Crippen LogP contribution in [0.2, 0.25) is 0 Å². The molecule has 0 bridgehead atoms. The first-order valence-corrected chi connectivity index (χ1v) is 11.0. The summed E-state index contributed by atoms with van der Waals surface area (Å²) in [6.07, 6.45) is 4.73. The molecule has 0 atom stereocenters. The summed E-state index contributed by atoms with van der Waals surface area (Å²) in [5, 5.41) is 0. The van der Waals surface area contributed by atoms with Crippen LogP contribution < -0.4 is 11.2 Å². The van der Waals surface area contributed by atoms with Crippen molar-refractivity contribution in [3.05, 3.63) is 23.8 Å². The van der Waals surface area contributed by atoms with Crippen LogP contribution >= 0.6 is 0 Å². The van der Waals surface area contributed by atoms with Crippen molar-refractivity contribution in [3.63, 3.8) is 0 Å². The van der Waals surface area contributed by atoms with E-state index in [0.717, 1.165) is 31.4 Å². The van der Waals surface area contributed by atoms with E-state index >= 15 is 0 Å². The molecule has 2 N–H and O–H groups in total. The Morgan fingerprint density at radius 2 is 1.59 bits per heavy atom. The number of anilines is 1. The maximum Gasteiger partial charge on any atom is 0.494 e. The van der Waals surface area contributed by atoms with Gasteiger partial charge in [-0.25, -0.2) is 0 Å². The number of nitrogens with two attached hydrogens (primary N) is 1. The summed E-state index contributed by atoms with van der Waals surface area (Å²) in [6.45, 7) is 12.1. The molecule has 1 aromatic rings. The summed E-state index contributed by atoms with van der Waals surface area (Å²) in [7, 11) is -0.518. The number of carbonyl (C=O) groups is 1. The Bertz CT molecular complexity index is 753. The van der Waals surface area contributed by atoms with Crippen LogP contribution in [0.5, 0.6) is 0 Å². The molecule has 3 aliphatic heterocycles. The second-order valence-electron chi connectivity index (χ2n) is 9.74. The summed E-state index contributed by atoms with van der Waals surface area (Å²) >= 11 is 0. The van der Waals surface area contributed by atoms with E-state index in [2.05, 4.69) is 4.90 Å². The van der Waals surface area contributed by atoms with Crippen molar-refractivity contribution in [1.29, 1.82) is 0 Å². The standard InChI is InChI=1S/C22H34BN3O3/c1-21(2)22(3,4)29-23(28-21)17-13-16(14-18(24)15-17)20(27)26-11-7-19(8-12-26)25-9-5-6-10-25/h13-15,19H,5-12,24H2,1-4H3. The van der Waals surface area contributed by atoms with Gasteiger partial charge in [-0.3, -0.25) is 4.79 Å². The van der Waals surface area contributed by atoms with E-state index in [-0.39, 0.29) is 5.91 Å². The molecule has 29 heavy (non-hydrogen) atoms. The molecule has 0 aromatic heterocycles. The lowest BCUT2D eigenvalue weighted by Crippen LogP contribution is -2.46. The predicted molar refractivity (Wildman–Crippen MR) is 116 cm³/mol. The summed E-state index contributed by atoms with van der Waals surface area (Å²) in [4.78, 5) is 17.7. The number of nitrogens with zero attached hydrogens (tertiary/aromatic N) is 2. The first-order valence-electron chi connectivity index (χ1n) is 11.0. The molecule has 4 rings (SSSR count). The van der Waals surface area contributed by atoms with Crippen LogP contribution in [-0.2, 0) is 9.31 Å². The Labute approximate surface area is 174 Å². The number of rotatable bonds is 3. The second kappa shape index (κ2) is 7.60. The van der Waals surface area contributed by atoms with Gasteiger partial charge in [0.25, 0.3) is 5.91 Å². The van der Waals surface area contributed by atoms with E-state index in [1.54, 1.807) is 6.07 Å². The third-order valence-corrected chi connectivity index (χ3v) is 7.16.